The van der Waals surface area contributed by atoms with Crippen LogP contribution in [-0.2, 0) is 11.8 Å². The number of fused-ring (bicyclic) bond motifs is 3. The van der Waals surface area contributed by atoms with Crippen LogP contribution >= 0.6 is 0 Å². The molecule has 126 valence electrons. The van der Waals surface area contributed by atoms with Gasteiger partial charge < -0.3 is 9.47 Å². The van der Waals surface area contributed by atoms with Gasteiger partial charge in [0.1, 0.15) is 11.5 Å². The largest absolute Gasteiger partial charge is 0.497 e. The van der Waals surface area contributed by atoms with Gasteiger partial charge in [0.15, 0.2) is 0 Å². The Morgan fingerprint density at radius 1 is 1.22 bits per heavy atom. The topological polar surface area (TPSA) is 18.5 Å². The van der Waals surface area contributed by atoms with E-state index >= 15 is 0 Å². The molecular formula is C21H30O2. The van der Waals surface area contributed by atoms with E-state index in [-0.39, 0.29) is 5.41 Å². The van der Waals surface area contributed by atoms with Gasteiger partial charge in [0, 0.05) is 11.6 Å². The first-order valence-electron chi connectivity index (χ1n) is 8.85. The zero-order chi connectivity index (χ0) is 16.7. The number of aryl methyl sites for hydroxylation is 1. The van der Waals surface area contributed by atoms with Crippen molar-refractivity contribution in [2.24, 2.45) is 11.3 Å². The molecule has 1 aromatic carbocycles. The average molecular weight is 314 g/mol. The molecule has 0 aliphatic heterocycles. The van der Waals surface area contributed by atoms with Crippen molar-refractivity contribution in [3.05, 3.63) is 35.9 Å². The number of rotatable bonds is 4. The van der Waals surface area contributed by atoms with E-state index in [2.05, 4.69) is 38.6 Å². The molecule has 2 heteroatoms. The Morgan fingerprint density at radius 2 is 2.00 bits per heavy atom. The first-order valence-corrected chi connectivity index (χ1v) is 8.85. The Hall–Kier alpha value is -1.44. The van der Waals surface area contributed by atoms with Crippen molar-refractivity contribution in [3.63, 3.8) is 0 Å². The van der Waals surface area contributed by atoms with Crippen LogP contribution in [0.15, 0.2) is 24.8 Å². The fourth-order valence-electron chi connectivity index (χ4n) is 5.59. The van der Waals surface area contributed by atoms with Gasteiger partial charge in [-0.25, -0.2) is 0 Å². The number of ether oxygens (including phenoxy) is 2. The van der Waals surface area contributed by atoms with Crippen molar-refractivity contribution in [2.75, 3.05) is 14.2 Å². The summed E-state index contributed by atoms with van der Waals surface area (Å²) in [5.41, 5.74) is 3.41. The normalized spacial score (nSPS) is 32.6. The second-order valence-electron chi connectivity index (χ2n) is 7.87. The van der Waals surface area contributed by atoms with Crippen molar-refractivity contribution in [1.29, 1.82) is 0 Å². The summed E-state index contributed by atoms with van der Waals surface area (Å²) >= 11 is 0. The summed E-state index contributed by atoms with van der Waals surface area (Å²) in [5, 5.41) is 0. The van der Waals surface area contributed by atoms with Crippen LogP contribution in [0.4, 0.5) is 0 Å². The molecule has 2 aliphatic carbocycles. The zero-order valence-corrected chi connectivity index (χ0v) is 15.1. The second-order valence-corrected chi connectivity index (χ2v) is 7.87. The van der Waals surface area contributed by atoms with Crippen LogP contribution in [-0.4, -0.2) is 14.2 Å². The molecule has 1 unspecified atom stereocenters. The Morgan fingerprint density at radius 3 is 2.65 bits per heavy atom. The molecule has 0 bridgehead atoms. The van der Waals surface area contributed by atoms with Crippen molar-refractivity contribution < 1.29 is 9.47 Å². The highest BCUT2D eigenvalue weighted by Gasteiger charge is 2.52. The molecule has 1 saturated carbocycles. The van der Waals surface area contributed by atoms with Gasteiger partial charge in [0.25, 0.3) is 0 Å². The quantitative estimate of drug-likeness (QED) is 0.703. The smallest absolute Gasteiger partial charge is 0.126 e. The summed E-state index contributed by atoms with van der Waals surface area (Å²) in [6, 6.07) is 4.28. The lowest BCUT2D eigenvalue weighted by molar-refractivity contribution is 0.0266. The maximum absolute atomic E-state index is 5.80. The molecule has 0 radical (unpaired) electrons. The van der Waals surface area contributed by atoms with Gasteiger partial charge in [-0.1, -0.05) is 26.3 Å². The second kappa shape index (κ2) is 5.89. The standard InChI is InChI=1S/C21H30O2/c1-6-10-20(2)11-7-12-21(3)18(20)9-8-15-13-16(22-4)14-17(23-5)19(15)21/h6,13-14,18H,1,7-12H2,2-5H3/t18-,20?,21-/m1/s1. The molecule has 0 heterocycles. The molecule has 0 N–H and O–H groups in total. The van der Waals surface area contributed by atoms with Gasteiger partial charge in [0.05, 0.1) is 14.2 Å². The number of allylic oxidation sites excluding steroid dienone is 1. The SMILES string of the molecule is C=CCC1(C)CCC[C@@]2(C)c3c(cc(OC)cc3OC)CC[C@H]12. The van der Waals surface area contributed by atoms with Crippen LogP contribution in [0.1, 0.15) is 57.1 Å². The molecule has 0 spiro atoms. The van der Waals surface area contributed by atoms with Gasteiger partial charge in [-0.05, 0) is 60.5 Å². The van der Waals surface area contributed by atoms with Crippen LogP contribution in [0.25, 0.3) is 0 Å². The average Bonchev–Trinajstić information content (AvgIpc) is 2.53. The van der Waals surface area contributed by atoms with Crippen LogP contribution < -0.4 is 9.47 Å². The monoisotopic (exact) mass is 314 g/mol. The van der Waals surface area contributed by atoms with Crippen molar-refractivity contribution in [3.8, 4) is 11.5 Å². The molecule has 1 aromatic rings. The number of hydrogen-bond donors (Lipinski definition) is 0. The summed E-state index contributed by atoms with van der Waals surface area (Å²) in [5.74, 6) is 2.61. The van der Waals surface area contributed by atoms with E-state index in [9.17, 15) is 0 Å². The summed E-state index contributed by atoms with van der Waals surface area (Å²) in [6.45, 7) is 8.95. The highest BCUT2D eigenvalue weighted by molar-refractivity contribution is 5.53. The molecule has 0 saturated heterocycles. The summed E-state index contributed by atoms with van der Waals surface area (Å²) < 4.78 is 11.3. The zero-order valence-electron chi connectivity index (χ0n) is 15.1. The van der Waals surface area contributed by atoms with Crippen LogP contribution in [0.2, 0.25) is 0 Å². The lowest BCUT2D eigenvalue weighted by Gasteiger charge is -2.55. The third kappa shape index (κ3) is 2.47. The Bertz CT molecular complexity index is 589. The first kappa shape index (κ1) is 16.4. The minimum atomic E-state index is 0.196. The third-order valence-electron chi connectivity index (χ3n) is 6.55. The molecular weight excluding hydrogens is 284 g/mol. The fraction of sp³-hybridized carbons (Fsp3) is 0.619. The lowest BCUT2D eigenvalue weighted by atomic mass is 9.49. The molecule has 2 nitrogen and oxygen atoms in total. The van der Waals surface area contributed by atoms with E-state index in [1.54, 1.807) is 14.2 Å². The van der Waals surface area contributed by atoms with Gasteiger partial charge in [-0.2, -0.15) is 0 Å². The van der Waals surface area contributed by atoms with E-state index in [1.807, 2.05) is 0 Å². The summed E-state index contributed by atoms with van der Waals surface area (Å²) in [7, 11) is 3.52. The molecule has 3 atom stereocenters. The minimum Gasteiger partial charge on any atom is -0.497 e. The first-order chi connectivity index (χ1) is 11.0. The molecule has 1 fully saturated rings. The van der Waals surface area contributed by atoms with E-state index in [1.165, 1.54) is 36.8 Å². The predicted molar refractivity (Wildman–Crippen MR) is 95.5 cm³/mol. The molecule has 3 rings (SSSR count). The fourth-order valence-corrected chi connectivity index (χ4v) is 5.59. The van der Waals surface area contributed by atoms with Gasteiger partial charge in [-0.3, -0.25) is 0 Å². The maximum atomic E-state index is 5.80. The van der Waals surface area contributed by atoms with Gasteiger partial charge >= 0.3 is 0 Å². The Labute approximate surface area is 140 Å². The summed E-state index contributed by atoms with van der Waals surface area (Å²) in [4.78, 5) is 0. The molecule has 0 amide bonds. The maximum Gasteiger partial charge on any atom is 0.126 e. The number of hydrogen-bond acceptors (Lipinski definition) is 2. The van der Waals surface area contributed by atoms with Gasteiger partial charge in [0.2, 0.25) is 0 Å². The number of benzene rings is 1. The highest BCUT2D eigenvalue weighted by atomic mass is 16.5. The van der Waals surface area contributed by atoms with E-state index in [0.29, 0.717) is 11.3 Å². The molecule has 23 heavy (non-hydrogen) atoms. The number of methoxy groups -OCH3 is 2. The predicted octanol–water partition coefficient (Wildman–Crippen LogP) is 5.29. The Kier molecular flexibility index (Phi) is 4.20. The van der Waals surface area contributed by atoms with Crippen LogP contribution in [0.3, 0.4) is 0 Å². The molecule has 2 aliphatic rings. The van der Waals surface area contributed by atoms with Crippen LogP contribution in [0, 0.1) is 11.3 Å². The van der Waals surface area contributed by atoms with Crippen molar-refractivity contribution in [2.45, 2.75) is 57.8 Å². The van der Waals surface area contributed by atoms with Crippen LogP contribution in [0.5, 0.6) is 11.5 Å². The Balaban J connectivity index is 2.13. The van der Waals surface area contributed by atoms with Gasteiger partial charge in [-0.15, -0.1) is 6.58 Å². The minimum absolute atomic E-state index is 0.196. The van der Waals surface area contributed by atoms with Crippen molar-refractivity contribution in [1.82, 2.24) is 0 Å². The van der Waals surface area contributed by atoms with E-state index < -0.39 is 0 Å². The van der Waals surface area contributed by atoms with E-state index in [0.717, 1.165) is 24.3 Å². The lowest BCUT2D eigenvalue weighted by Crippen LogP contribution is -2.49. The van der Waals surface area contributed by atoms with E-state index in [4.69, 9.17) is 9.47 Å². The molecule has 0 aromatic heterocycles. The van der Waals surface area contributed by atoms with Crippen molar-refractivity contribution >= 4 is 0 Å². The third-order valence-corrected chi connectivity index (χ3v) is 6.55. The summed E-state index contributed by atoms with van der Waals surface area (Å²) in [6.07, 6.45) is 9.45. The highest BCUT2D eigenvalue weighted by Crippen LogP contribution is 2.60.